The zero-order valence-electron chi connectivity index (χ0n) is 20.9. The Labute approximate surface area is 222 Å². The molecular formula is C25H31Cl2N3O5S. The van der Waals surface area contributed by atoms with Crippen LogP contribution in [0.3, 0.4) is 0 Å². The largest absolute Gasteiger partial charge is 0.352 e. The molecule has 0 radical (unpaired) electrons. The zero-order chi connectivity index (χ0) is 27.2. The summed E-state index contributed by atoms with van der Waals surface area (Å²) >= 11 is 12.3. The Morgan fingerprint density at radius 2 is 1.72 bits per heavy atom. The summed E-state index contributed by atoms with van der Waals surface area (Å²) in [6, 6.07) is 9.77. The van der Waals surface area contributed by atoms with Gasteiger partial charge in [0.1, 0.15) is 12.6 Å². The minimum absolute atomic E-state index is 0.0466. The van der Waals surface area contributed by atoms with Crippen LogP contribution in [0.25, 0.3) is 0 Å². The summed E-state index contributed by atoms with van der Waals surface area (Å²) in [6.45, 7) is 6.08. The van der Waals surface area contributed by atoms with Crippen LogP contribution in [0.2, 0.25) is 10.0 Å². The summed E-state index contributed by atoms with van der Waals surface area (Å²) in [5.41, 5.74) is 1.02. The van der Waals surface area contributed by atoms with E-state index in [1.54, 1.807) is 31.2 Å². The number of halogens is 2. The average molecular weight is 557 g/mol. The van der Waals surface area contributed by atoms with Gasteiger partial charge in [0.05, 0.1) is 11.9 Å². The van der Waals surface area contributed by atoms with Crippen molar-refractivity contribution in [3.05, 3.63) is 63.6 Å². The predicted octanol–water partition coefficient (Wildman–Crippen LogP) is 4.29. The van der Waals surface area contributed by atoms with Gasteiger partial charge in [-0.3, -0.25) is 18.7 Å². The van der Waals surface area contributed by atoms with Crippen LogP contribution in [0.5, 0.6) is 0 Å². The van der Waals surface area contributed by atoms with E-state index in [0.717, 1.165) is 10.6 Å². The second-order valence-corrected chi connectivity index (χ2v) is 11.4. The smallest absolute Gasteiger partial charge is 0.244 e. The molecule has 8 nitrogen and oxygen atoms in total. The monoisotopic (exact) mass is 555 g/mol. The molecule has 0 unspecified atom stereocenters. The Hall–Kier alpha value is -2.62. The van der Waals surface area contributed by atoms with E-state index in [-0.39, 0.29) is 30.0 Å². The molecule has 0 aliphatic carbocycles. The summed E-state index contributed by atoms with van der Waals surface area (Å²) in [5, 5.41) is 3.58. The Balaban J connectivity index is 2.46. The lowest BCUT2D eigenvalue weighted by molar-refractivity contribution is -0.139. The first-order chi connectivity index (χ1) is 16.7. The Bertz CT molecular complexity index is 1240. The minimum Gasteiger partial charge on any atom is -0.352 e. The highest BCUT2D eigenvalue weighted by Crippen LogP contribution is 2.25. The van der Waals surface area contributed by atoms with Gasteiger partial charge in [0.15, 0.2) is 5.78 Å². The second kappa shape index (κ2) is 12.6. The number of ketones is 1. The fraction of sp³-hybridized carbons (Fsp3) is 0.400. The SMILES string of the molecule is CC[C@H](C)NC(=O)[C@H](C)N(Cc1ccc(Cl)cc1Cl)C(=O)CN(c1cccc(C(C)=O)c1)S(C)(=O)=O. The maximum Gasteiger partial charge on any atom is 0.244 e. The first-order valence-corrected chi connectivity index (χ1v) is 14.0. The fourth-order valence-corrected chi connectivity index (χ4v) is 4.69. The van der Waals surface area contributed by atoms with E-state index in [1.165, 1.54) is 30.0 Å². The Morgan fingerprint density at radius 1 is 1.06 bits per heavy atom. The van der Waals surface area contributed by atoms with E-state index in [9.17, 15) is 22.8 Å². The molecule has 0 heterocycles. The summed E-state index contributed by atoms with van der Waals surface area (Å²) in [5.74, 6) is -1.25. The minimum atomic E-state index is -3.91. The number of rotatable bonds is 11. The summed E-state index contributed by atoms with van der Waals surface area (Å²) in [6.07, 6.45) is 1.67. The van der Waals surface area contributed by atoms with Gasteiger partial charge in [0, 0.05) is 28.2 Å². The van der Waals surface area contributed by atoms with Gasteiger partial charge in [-0.2, -0.15) is 0 Å². The van der Waals surface area contributed by atoms with Gasteiger partial charge in [-0.05, 0) is 57.0 Å². The maximum absolute atomic E-state index is 13.6. The molecule has 196 valence electrons. The van der Waals surface area contributed by atoms with Crippen molar-refractivity contribution in [3.8, 4) is 0 Å². The number of hydrogen-bond acceptors (Lipinski definition) is 5. The highest BCUT2D eigenvalue weighted by atomic mass is 35.5. The molecule has 0 saturated heterocycles. The first kappa shape index (κ1) is 29.6. The molecule has 0 aromatic heterocycles. The molecule has 2 amide bonds. The highest BCUT2D eigenvalue weighted by Gasteiger charge is 2.31. The van der Waals surface area contributed by atoms with E-state index >= 15 is 0 Å². The number of amides is 2. The van der Waals surface area contributed by atoms with Crippen molar-refractivity contribution in [1.82, 2.24) is 10.2 Å². The topological polar surface area (TPSA) is 104 Å². The third kappa shape index (κ3) is 7.94. The molecule has 1 N–H and O–H groups in total. The molecule has 2 rings (SSSR count). The van der Waals surface area contributed by atoms with Gasteiger partial charge >= 0.3 is 0 Å². The zero-order valence-corrected chi connectivity index (χ0v) is 23.2. The Kier molecular flexibility index (Phi) is 10.3. The van der Waals surface area contributed by atoms with Crippen molar-refractivity contribution in [1.29, 1.82) is 0 Å². The van der Waals surface area contributed by atoms with Crippen LogP contribution >= 0.6 is 23.2 Å². The van der Waals surface area contributed by atoms with E-state index in [0.29, 0.717) is 27.6 Å². The predicted molar refractivity (Wildman–Crippen MR) is 143 cm³/mol. The van der Waals surface area contributed by atoms with Gasteiger partial charge in [-0.1, -0.05) is 48.3 Å². The molecule has 2 aromatic carbocycles. The molecule has 0 bridgehead atoms. The number of hydrogen-bond donors (Lipinski definition) is 1. The molecule has 0 saturated carbocycles. The fourth-order valence-electron chi connectivity index (χ4n) is 3.38. The number of anilines is 1. The van der Waals surface area contributed by atoms with Gasteiger partial charge in [0.25, 0.3) is 0 Å². The van der Waals surface area contributed by atoms with Crippen LogP contribution in [-0.4, -0.2) is 55.8 Å². The maximum atomic E-state index is 13.6. The molecule has 0 aliphatic heterocycles. The van der Waals surface area contributed by atoms with E-state index in [2.05, 4.69) is 5.32 Å². The van der Waals surface area contributed by atoms with Crippen LogP contribution in [-0.2, 0) is 26.2 Å². The molecule has 2 aromatic rings. The average Bonchev–Trinajstić information content (AvgIpc) is 2.80. The van der Waals surface area contributed by atoms with Gasteiger partial charge in [-0.15, -0.1) is 0 Å². The summed E-state index contributed by atoms with van der Waals surface area (Å²) < 4.78 is 26.2. The lowest BCUT2D eigenvalue weighted by Crippen LogP contribution is -2.52. The Morgan fingerprint density at radius 3 is 2.28 bits per heavy atom. The van der Waals surface area contributed by atoms with Crippen LogP contribution in [0.1, 0.15) is 50.0 Å². The molecular weight excluding hydrogens is 525 g/mol. The van der Waals surface area contributed by atoms with Gasteiger partial charge < -0.3 is 10.2 Å². The number of nitrogens with zero attached hydrogens (tertiary/aromatic N) is 2. The molecule has 0 aliphatic rings. The highest BCUT2D eigenvalue weighted by molar-refractivity contribution is 7.92. The van der Waals surface area contributed by atoms with E-state index < -0.39 is 28.5 Å². The van der Waals surface area contributed by atoms with Crippen molar-refractivity contribution >= 4 is 56.5 Å². The van der Waals surface area contributed by atoms with Gasteiger partial charge in [0.2, 0.25) is 21.8 Å². The number of benzene rings is 2. The molecule has 2 atom stereocenters. The lowest BCUT2D eigenvalue weighted by Gasteiger charge is -2.32. The van der Waals surface area contributed by atoms with Crippen LogP contribution in [0.4, 0.5) is 5.69 Å². The van der Waals surface area contributed by atoms with E-state index in [1.807, 2.05) is 13.8 Å². The summed E-state index contributed by atoms with van der Waals surface area (Å²) in [7, 11) is -3.91. The second-order valence-electron chi connectivity index (χ2n) is 8.63. The number of carbonyl (C=O) groups excluding carboxylic acids is 3. The van der Waals surface area contributed by atoms with Crippen molar-refractivity contribution in [2.75, 3.05) is 17.1 Å². The standard InChI is InChI=1S/C25H31Cl2N3O5S/c1-6-16(2)28-25(33)17(3)29(14-20-10-11-21(26)13-23(20)27)24(32)15-30(36(5,34)35)22-9-7-8-19(12-22)18(4)31/h7-13,16-17H,6,14-15H2,1-5H3,(H,28,33)/t16-,17-/m0/s1. The number of sulfonamides is 1. The number of nitrogens with one attached hydrogen (secondary N) is 1. The molecule has 11 heteroatoms. The van der Waals surface area contributed by atoms with Crippen LogP contribution < -0.4 is 9.62 Å². The van der Waals surface area contributed by atoms with Gasteiger partial charge in [-0.25, -0.2) is 8.42 Å². The number of Topliss-reactive ketones (excluding diaryl/α,β-unsaturated/α-hetero) is 1. The van der Waals surface area contributed by atoms with E-state index in [4.69, 9.17) is 23.2 Å². The van der Waals surface area contributed by atoms with Crippen molar-refractivity contribution in [2.24, 2.45) is 0 Å². The first-order valence-electron chi connectivity index (χ1n) is 11.4. The third-order valence-electron chi connectivity index (χ3n) is 5.74. The lowest BCUT2D eigenvalue weighted by atomic mass is 10.1. The van der Waals surface area contributed by atoms with Crippen molar-refractivity contribution < 1.29 is 22.8 Å². The van der Waals surface area contributed by atoms with Crippen molar-refractivity contribution in [3.63, 3.8) is 0 Å². The van der Waals surface area contributed by atoms with Crippen LogP contribution in [0, 0.1) is 0 Å². The third-order valence-corrected chi connectivity index (χ3v) is 7.47. The normalized spacial score (nSPS) is 13.0. The number of carbonyl (C=O) groups is 3. The molecule has 36 heavy (non-hydrogen) atoms. The summed E-state index contributed by atoms with van der Waals surface area (Å²) in [4.78, 5) is 39.6. The van der Waals surface area contributed by atoms with Crippen molar-refractivity contribution in [2.45, 2.75) is 52.7 Å². The molecule has 0 spiro atoms. The molecule has 0 fully saturated rings. The quantitative estimate of drug-likeness (QED) is 0.416. The van der Waals surface area contributed by atoms with Crippen LogP contribution in [0.15, 0.2) is 42.5 Å².